The SMILES string of the molecule is CC(Cc1ccc(F)cc1)Nc1nccc(C#N)c1Cl. The van der Waals surface area contributed by atoms with Gasteiger partial charge in [-0.3, -0.25) is 0 Å². The molecule has 0 aliphatic heterocycles. The van der Waals surface area contributed by atoms with Gasteiger partial charge in [-0.25, -0.2) is 9.37 Å². The van der Waals surface area contributed by atoms with Crippen LogP contribution in [0.4, 0.5) is 10.2 Å². The van der Waals surface area contributed by atoms with E-state index in [1.165, 1.54) is 18.3 Å². The largest absolute Gasteiger partial charge is 0.366 e. The highest BCUT2D eigenvalue weighted by Gasteiger charge is 2.10. The fourth-order valence-electron chi connectivity index (χ4n) is 1.89. The highest BCUT2D eigenvalue weighted by atomic mass is 35.5. The first-order valence-electron chi connectivity index (χ1n) is 6.15. The number of hydrogen-bond donors (Lipinski definition) is 1. The van der Waals surface area contributed by atoms with Gasteiger partial charge in [-0.1, -0.05) is 23.7 Å². The lowest BCUT2D eigenvalue weighted by Crippen LogP contribution is -2.19. The van der Waals surface area contributed by atoms with Crippen molar-refractivity contribution in [2.45, 2.75) is 19.4 Å². The van der Waals surface area contributed by atoms with Crippen LogP contribution in [0.1, 0.15) is 18.1 Å². The molecule has 2 rings (SSSR count). The molecule has 0 amide bonds. The Hall–Kier alpha value is -2.12. The molecule has 1 atom stereocenters. The van der Waals surface area contributed by atoms with Crippen molar-refractivity contribution in [3.05, 3.63) is 58.5 Å². The van der Waals surface area contributed by atoms with E-state index in [1.807, 2.05) is 13.0 Å². The Kier molecular flexibility index (Phi) is 4.54. The summed E-state index contributed by atoms with van der Waals surface area (Å²) in [5.41, 5.74) is 1.40. The zero-order valence-corrected chi connectivity index (χ0v) is 11.7. The van der Waals surface area contributed by atoms with E-state index >= 15 is 0 Å². The quantitative estimate of drug-likeness (QED) is 0.931. The average molecular weight is 290 g/mol. The van der Waals surface area contributed by atoms with Gasteiger partial charge in [0.05, 0.1) is 5.56 Å². The topological polar surface area (TPSA) is 48.7 Å². The minimum absolute atomic E-state index is 0.0550. The van der Waals surface area contributed by atoms with E-state index in [-0.39, 0.29) is 11.9 Å². The van der Waals surface area contributed by atoms with Crippen LogP contribution in [-0.2, 0) is 6.42 Å². The maximum absolute atomic E-state index is 12.8. The van der Waals surface area contributed by atoms with Crippen LogP contribution in [0.2, 0.25) is 5.02 Å². The van der Waals surface area contributed by atoms with Gasteiger partial charge in [-0.05, 0) is 37.1 Å². The number of rotatable bonds is 4. The van der Waals surface area contributed by atoms with Gasteiger partial charge >= 0.3 is 0 Å². The fraction of sp³-hybridized carbons (Fsp3) is 0.200. The lowest BCUT2D eigenvalue weighted by molar-refractivity contribution is 0.626. The van der Waals surface area contributed by atoms with Crippen LogP contribution in [0.25, 0.3) is 0 Å². The summed E-state index contributed by atoms with van der Waals surface area (Å²) in [7, 11) is 0. The van der Waals surface area contributed by atoms with Crippen molar-refractivity contribution >= 4 is 17.4 Å². The Labute approximate surface area is 122 Å². The van der Waals surface area contributed by atoms with E-state index in [4.69, 9.17) is 16.9 Å². The van der Waals surface area contributed by atoms with E-state index in [0.717, 1.165) is 5.56 Å². The second-order valence-electron chi connectivity index (χ2n) is 4.51. The molecule has 2 aromatic rings. The van der Waals surface area contributed by atoms with E-state index in [2.05, 4.69) is 10.3 Å². The summed E-state index contributed by atoms with van der Waals surface area (Å²) in [6.45, 7) is 1.97. The molecule has 0 radical (unpaired) electrons. The van der Waals surface area contributed by atoms with Crippen molar-refractivity contribution < 1.29 is 4.39 Å². The number of anilines is 1. The summed E-state index contributed by atoms with van der Waals surface area (Å²) in [4.78, 5) is 4.13. The monoisotopic (exact) mass is 289 g/mol. The molecule has 0 bridgehead atoms. The van der Waals surface area contributed by atoms with E-state index in [1.54, 1.807) is 18.2 Å². The molecule has 1 heterocycles. The number of benzene rings is 1. The molecule has 0 fully saturated rings. The number of halogens is 2. The van der Waals surface area contributed by atoms with Crippen molar-refractivity contribution in [2.75, 3.05) is 5.32 Å². The zero-order chi connectivity index (χ0) is 14.5. The minimum atomic E-state index is -0.249. The Morgan fingerprint density at radius 3 is 2.70 bits per heavy atom. The number of aromatic nitrogens is 1. The molecule has 3 nitrogen and oxygen atoms in total. The van der Waals surface area contributed by atoms with Gasteiger partial charge in [0, 0.05) is 12.2 Å². The summed E-state index contributed by atoms with van der Waals surface area (Å²) in [6, 6.07) is 9.99. The van der Waals surface area contributed by atoms with Crippen molar-refractivity contribution in [1.82, 2.24) is 4.98 Å². The maximum atomic E-state index is 12.8. The Morgan fingerprint density at radius 1 is 1.35 bits per heavy atom. The van der Waals surface area contributed by atoms with Crippen LogP contribution in [0.5, 0.6) is 0 Å². The van der Waals surface area contributed by atoms with Crippen molar-refractivity contribution in [3.63, 3.8) is 0 Å². The predicted octanol–water partition coefficient (Wildman–Crippen LogP) is 3.79. The first-order chi connectivity index (χ1) is 9.60. The van der Waals surface area contributed by atoms with Gasteiger partial charge in [0.25, 0.3) is 0 Å². The molecule has 102 valence electrons. The van der Waals surface area contributed by atoms with Gasteiger partial charge in [-0.15, -0.1) is 0 Å². The second kappa shape index (κ2) is 6.36. The third-order valence-electron chi connectivity index (χ3n) is 2.85. The Morgan fingerprint density at radius 2 is 2.05 bits per heavy atom. The fourth-order valence-corrected chi connectivity index (χ4v) is 2.10. The van der Waals surface area contributed by atoms with Crippen LogP contribution < -0.4 is 5.32 Å². The van der Waals surface area contributed by atoms with Crippen LogP contribution in [0.3, 0.4) is 0 Å². The van der Waals surface area contributed by atoms with Gasteiger partial charge in [0.1, 0.15) is 22.7 Å². The van der Waals surface area contributed by atoms with E-state index in [0.29, 0.717) is 22.8 Å². The van der Waals surface area contributed by atoms with Crippen LogP contribution in [0.15, 0.2) is 36.5 Å². The third kappa shape index (κ3) is 3.46. The summed E-state index contributed by atoms with van der Waals surface area (Å²) >= 11 is 6.08. The lowest BCUT2D eigenvalue weighted by Gasteiger charge is -2.15. The standard InChI is InChI=1S/C15H13ClFN3/c1-10(8-11-2-4-13(17)5-3-11)20-15-14(16)12(9-18)6-7-19-15/h2-7,10H,8H2,1H3,(H,19,20). The Balaban J connectivity index is 2.07. The maximum Gasteiger partial charge on any atom is 0.146 e. The molecule has 1 unspecified atom stereocenters. The molecule has 0 saturated heterocycles. The zero-order valence-electron chi connectivity index (χ0n) is 10.9. The van der Waals surface area contributed by atoms with Crippen molar-refractivity contribution in [2.24, 2.45) is 0 Å². The molecule has 0 spiro atoms. The van der Waals surface area contributed by atoms with E-state index in [9.17, 15) is 4.39 Å². The highest BCUT2D eigenvalue weighted by molar-refractivity contribution is 6.34. The first-order valence-corrected chi connectivity index (χ1v) is 6.53. The lowest BCUT2D eigenvalue weighted by atomic mass is 10.1. The molecular formula is C15H13ClFN3. The molecule has 1 N–H and O–H groups in total. The smallest absolute Gasteiger partial charge is 0.146 e. The van der Waals surface area contributed by atoms with Gasteiger partial charge in [0.2, 0.25) is 0 Å². The molecule has 5 heteroatoms. The molecule has 0 aliphatic carbocycles. The van der Waals surface area contributed by atoms with Gasteiger partial charge in [-0.2, -0.15) is 5.26 Å². The second-order valence-corrected chi connectivity index (χ2v) is 4.89. The number of hydrogen-bond acceptors (Lipinski definition) is 3. The molecule has 0 aliphatic rings. The van der Waals surface area contributed by atoms with Gasteiger partial charge < -0.3 is 5.32 Å². The van der Waals surface area contributed by atoms with E-state index < -0.39 is 0 Å². The summed E-state index contributed by atoms with van der Waals surface area (Å²) in [5, 5.41) is 12.4. The van der Waals surface area contributed by atoms with Crippen molar-refractivity contribution in [1.29, 1.82) is 5.26 Å². The number of nitrogens with one attached hydrogen (secondary N) is 1. The van der Waals surface area contributed by atoms with Crippen molar-refractivity contribution in [3.8, 4) is 6.07 Å². The normalized spacial score (nSPS) is 11.7. The van der Waals surface area contributed by atoms with Crippen LogP contribution >= 0.6 is 11.6 Å². The average Bonchev–Trinajstić information content (AvgIpc) is 2.44. The number of nitrogens with zero attached hydrogens (tertiary/aromatic N) is 2. The molecule has 1 aromatic carbocycles. The summed E-state index contributed by atoms with van der Waals surface area (Å²) in [5.74, 6) is 0.237. The highest BCUT2D eigenvalue weighted by Crippen LogP contribution is 2.23. The molecular weight excluding hydrogens is 277 g/mol. The van der Waals surface area contributed by atoms with Crippen LogP contribution in [-0.4, -0.2) is 11.0 Å². The summed E-state index contributed by atoms with van der Waals surface area (Å²) in [6.07, 6.45) is 2.24. The minimum Gasteiger partial charge on any atom is -0.366 e. The molecule has 0 saturated carbocycles. The van der Waals surface area contributed by atoms with Crippen LogP contribution in [0, 0.1) is 17.1 Å². The number of nitriles is 1. The summed E-state index contributed by atoms with van der Waals surface area (Å²) < 4.78 is 12.8. The predicted molar refractivity (Wildman–Crippen MR) is 77.2 cm³/mol. The van der Waals surface area contributed by atoms with Gasteiger partial charge in [0.15, 0.2) is 0 Å². The molecule has 20 heavy (non-hydrogen) atoms. The molecule has 1 aromatic heterocycles. The first kappa shape index (κ1) is 14.3. The third-order valence-corrected chi connectivity index (χ3v) is 3.23. The Bertz CT molecular complexity index is 635. The number of pyridine rings is 1.